The largest absolute Gasteiger partial charge is 0.418 e. The predicted octanol–water partition coefficient (Wildman–Crippen LogP) is 2.36. The first-order valence-electron chi connectivity index (χ1n) is 4.94. The lowest BCUT2D eigenvalue weighted by molar-refractivity contribution is -0.137. The van der Waals surface area contributed by atoms with Crippen LogP contribution in [-0.2, 0) is 6.18 Å². The molecule has 0 saturated carbocycles. The highest BCUT2D eigenvalue weighted by Crippen LogP contribution is 2.36. The molecule has 100 valence electrons. The molecule has 9 heteroatoms. The molecular weight excluding hydrogens is 266 g/mol. The summed E-state index contributed by atoms with van der Waals surface area (Å²) in [6, 6.07) is 2.22. The highest BCUT2D eigenvalue weighted by molar-refractivity contribution is 5.59. The zero-order valence-corrected chi connectivity index (χ0v) is 9.24. The second kappa shape index (κ2) is 4.67. The van der Waals surface area contributed by atoms with Gasteiger partial charge in [0.15, 0.2) is 0 Å². The average Bonchev–Trinajstić information content (AvgIpc) is 2.30. The minimum atomic E-state index is -4.71. The highest BCUT2D eigenvalue weighted by Gasteiger charge is 2.34. The summed E-state index contributed by atoms with van der Waals surface area (Å²) in [6.07, 6.45) is -3.66. The number of aromatic nitrogens is 3. The number of nitrogens with zero attached hydrogens (tertiary/aromatic N) is 3. The van der Waals surface area contributed by atoms with Crippen LogP contribution in [0.2, 0.25) is 0 Å². The Bertz CT molecular complexity index is 599. The van der Waals surface area contributed by atoms with Gasteiger partial charge >= 0.3 is 6.18 Å². The van der Waals surface area contributed by atoms with Crippen molar-refractivity contribution in [1.29, 1.82) is 0 Å². The second-order valence-corrected chi connectivity index (χ2v) is 3.48. The molecule has 0 bridgehead atoms. The molecule has 1 aromatic carbocycles. The van der Waals surface area contributed by atoms with Gasteiger partial charge in [0.05, 0.1) is 11.3 Å². The topological polar surface area (TPSA) is 76.7 Å². The van der Waals surface area contributed by atoms with Gasteiger partial charge in [-0.15, -0.1) is 0 Å². The lowest BCUT2D eigenvalue weighted by atomic mass is 10.1. The Morgan fingerprint density at radius 2 is 1.89 bits per heavy atom. The van der Waals surface area contributed by atoms with Gasteiger partial charge in [-0.1, -0.05) is 0 Å². The van der Waals surface area contributed by atoms with Crippen molar-refractivity contribution in [1.82, 2.24) is 15.0 Å². The molecule has 0 atom stereocenters. The Kier molecular flexibility index (Phi) is 3.19. The molecule has 0 radical (unpaired) electrons. The summed E-state index contributed by atoms with van der Waals surface area (Å²) in [5.41, 5.74) is 3.74. The minimum absolute atomic E-state index is 0.145. The quantitative estimate of drug-likeness (QED) is 0.821. The molecule has 5 nitrogen and oxygen atoms in total. The molecule has 3 N–H and O–H groups in total. The Morgan fingerprint density at radius 1 is 1.16 bits per heavy atom. The highest BCUT2D eigenvalue weighted by atomic mass is 19.4. The fraction of sp³-hybridized carbons (Fsp3) is 0.100. The van der Waals surface area contributed by atoms with Crippen LogP contribution in [0.4, 0.5) is 35.1 Å². The lowest BCUT2D eigenvalue weighted by Gasteiger charge is -2.13. The summed E-state index contributed by atoms with van der Waals surface area (Å²) < 4.78 is 51.1. The van der Waals surface area contributed by atoms with Crippen LogP contribution in [0, 0.1) is 5.82 Å². The van der Waals surface area contributed by atoms with E-state index in [9.17, 15) is 17.6 Å². The molecule has 0 aliphatic rings. The average molecular weight is 273 g/mol. The number of halogens is 4. The summed E-state index contributed by atoms with van der Waals surface area (Å²) in [6.45, 7) is 0. The van der Waals surface area contributed by atoms with E-state index in [1.165, 1.54) is 0 Å². The van der Waals surface area contributed by atoms with Crippen molar-refractivity contribution in [2.75, 3.05) is 11.1 Å². The van der Waals surface area contributed by atoms with Crippen molar-refractivity contribution >= 4 is 17.6 Å². The normalized spacial score (nSPS) is 11.4. The first-order valence-corrected chi connectivity index (χ1v) is 4.94. The maximum atomic E-state index is 12.9. The third-order valence-electron chi connectivity index (χ3n) is 2.12. The summed E-state index contributed by atoms with van der Waals surface area (Å²) in [7, 11) is 0. The van der Waals surface area contributed by atoms with Crippen molar-refractivity contribution in [2.45, 2.75) is 6.18 Å². The maximum Gasteiger partial charge on any atom is 0.418 e. The molecule has 0 saturated heterocycles. The molecule has 0 spiro atoms. The zero-order chi connectivity index (χ0) is 14.0. The van der Waals surface area contributed by atoms with E-state index in [2.05, 4.69) is 20.3 Å². The molecule has 0 fully saturated rings. The fourth-order valence-corrected chi connectivity index (χ4v) is 1.35. The van der Waals surface area contributed by atoms with Gasteiger partial charge in [0.25, 0.3) is 0 Å². The van der Waals surface area contributed by atoms with E-state index >= 15 is 0 Å². The van der Waals surface area contributed by atoms with Crippen LogP contribution in [0.25, 0.3) is 0 Å². The molecule has 1 heterocycles. The van der Waals surface area contributed by atoms with Gasteiger partial charge in [-0.3, -0.25) is 0 Å². The van der Waals surface area contributed by atoms with Crippen LogP contribution in [0.5, 0.6) is 0 Å². The third kappa shape index (κ3) is 3.06. The smallest absolute Gasteiger partial charge is 0.368 e. The van der Waals surface area contributed by atoms with Gasteiger partial charge < -0.3 is 11.1 Å². The summed E-state index contributed by atoms with van der Waals surface area (Å²) in [5.74, 6) is -1.30. The third-order valence-corrected chi connectivity index (χ3v) is 2.12. The lowest BCUT2D eigenvalue weighted by Crippen LogP contribution is -2.10. The summed E-state index contributed by atoms with van der Waals surface area (Å²) >= 11 is 0. The van der Waals surface area contributed by atoms with Gasteiger partial charge in [0.1, 0.15) is 12.1 Å². The predicted molar refractivity (Wildman–Crippen MR) is 58.9 cm³/mol. The Labute approximate surface area is 104 Å². The van der Waals surface area contributed by atoms with Crippen molar-refractivity contribution in [3.8, 4) is 0 Å². The SMILES string of the molecule is Nc1ncnc(Nc2ccc(F)cc2C(F)(F)F)n1. The summed E-state index contributed by atoms with van der Waals surface area (Å²) in [4.78, 5) is 10.7. The van der Waals surface area contributed by atoms with Crippen molar-refractivity contribution < 1.29 is 17.6 Å². The number of benzene rings is 1. The van der Waals surface area contributed by atoms with Crippen LogP contribution in [0.3, 0.4) is 0 Å². The van der Waals surface area contributed by atoms with Gasteiger partial charge in [-0.05, 0) is 18.2 Å². The number of anilines is 3. The van der Waals surface area contributed by atoms with E-state index in [1.54, 1.807) is 0 Å². The van der Waals surface area contributed by atoms with E-state index in [-0.39, 0.29) is 17.6 Å². The summed E-state index contributed by atoms with van der Waals surface area (Å²) in [5, 5.41) is 2.32. The minimum Gasteiger partial charge on any atom is -0.368 e. The van der Waals surface area contributed by atoms with Gasteiger partial charge in [0, 0.05) is 0 Å². The number of hydrogen-bond donors (Lipinski definition) is 2. The van der Waals surface area contributed by atoms with Gasteiger partial charge in [0.2, 0.25) is 11.9 Å². The van der Waals surface area contributed by atoms with Crippen molar-refractivity contribution in [3.63, 3.8) is 0 Å². The molecule has 1 aromatic heterocycles. The number of alkyl halides is 3. The number of nitrogens with two attached hydrogens (primary N) is 1. The van der Waals surface area contributed by atoms with Crippen LogP contribution >= 0.6 is 0 Å². The van der Waals surface area contributed by atoms with Gasteiger partial charge in [-0.2, -0.15) is 18.2 Å². The van der Waals surface area contributed by atoms with E-state index in [4.69, 9.17) is 5.73 Å². The van der Waals surface area contributed by atoms with Crippen LogP contribution in [0.15, 0.2) is 24.5 Å². The Hall–Kier alpha value is -2.45. The van der Waals surface area contributed by atoms with Crippen LogP contribution < -0.4 is 11.1 Å². The van der Waals surface area contributed by atoms with Gasteiger partial charge in [-0.25, -0.2) is 14.4 Å². The maximum absolute atomic E-state index is 12.9. The standard InChI is InChI=1S/C10H7F4N5/c11-5-1-2-7(6(3-5)10(12,13)14)18-9-17-4-16-8(15)19-9/h1-4H,(H3,15,16,17,18,19). The number of hydrogen-bond acceptors (Lipinski definition) is 5. The second-order valence-electron chi connectivity index (χ2n) is 3.48. The zero-order valence-electron chi connectivity index (χ0n) is 9.24. The number of nitrogen functional groups attached to an aromatic ring is 1. The van der Waals surface area contributed by atoms with E-state index in [1.807, 2.05) is 0 Å². The van der Waals surface area contributed by atoms with E-state index in [0.717, 1.165) is 18.5 Å². The Morgan fingerprint density at radius 3 is 2.53 bits per heavy atom. The molecule has 2 rings (SSSR count). The van der Waals surface area contributed by atoms with Crippen LogP contribution in [-0.4, -0.2) is 15.0 Å². The molecular formula is C10H7F4N5. The fourth-order valence-electron chi connectivity index (χ4n) is 1.35. The van der Waals surface area contributed by atoms with E-state index in [0.29, 0.717) is 6.07 Å². The number of rotatable bonds is 2. The molecule has 19 heavy (non-hydrogen) atoms. The first-order chi connectivity index (χ1) is 8.86. The first kappa shape index (κ1) is 13.0. The molecule has 0 amide bonds. The molecule has 2 aromatic rings. The Balaban J connectivity index is 2.40. The molecule has 0 unspecified atom stereocenters. The van der Waals surface area contributed by atoms with Crippen LogP contribution in [0.1, 0.15) is 5.56 Å². The van der Waals surface area contributed by atoms with Crippen molar-refractivity contribution in [3.05, 3.63) is 35.9 Å². The monoisotopic (exact) mass is 273 g/mol. The van der Waals surface area contributed by atoms with E-state index < -0.39 is 17.6 Å². The molecule has 0 aliphatic heterocycles. The molecule has 0 aliphatic carbocycles. The number of nitrogens with one attached hydrogen (secondary N) is 1. The van der Waals surface area contributed by atoms with Crippen molar-refractivity contribution in [2.24, 2.45) is 0 Å².